The van der Waals surface area contributed by atoms with Gasteiger partial charge in [-0.2, -0.15) is 0 Å². The van der Waals surface area contributed by atoms with Gasteiger partial charge in [0.1, 0.15) is 11.9 Å². The molecule has 2 N–H and O–H groups in total. The van der Waals surface area contributed by atoms with E-state index in [4.69, 9.17) is 4.74 Å². The number of ether oxygens (including phenoxy) is 1. The molecule has 0 bridgehead atoms. The van der Waals surface area contributed by atoms with Crippen LogP contribution >= 0.6 is 0 Å². The van der Waals surface area contributed by atoms with E-state index in [0.29, 0.717) is 17.9 Å². The summed E-state index contributed by atoms with van der Waals surface area (Å²) in [7, 11) is 0. The number of amides is 1. The molecule has 2 atom stereocenters. The monoisotopic (exact) mass is 390 g/mol. The van der Waals surface area contributed by atoms with E-state index in [1.54, 1.807) is 13.0 Å². The molecule has 0 aliphatic carbocycles. The van der Waals surface area contributed by atoms with E-state index in [0.717, 1.165) is 64.3 Å². The summed E-state index contributed by atoms with van der Waals surface area (Å²) >= 11 is 0. The van der Waals surface area contributed by atoms with Gasteiger partial charge >= 0.3 is 0 Å². The third-order valence-corrected chi connectivity index (χ3v) is 6.33. The minimum absolute atomic E-state index is 0.0344. The van der Waals surface area contributed by atoms with Gasteiger partial charge in [0.05, 0.1) is 13.2 Å². The van der Waals surface area contributed by atoms with Crippen LogP contribution in [0, 0.1) is 18.7 Å². The number of piperidine rings is 1. The first-order valence-electron chi connectivity index (χ1n) is 10.5. The molecule has 1 amide bonds. The summed E-state index contributed by atoms with van der Waals surface area (Å²) in [5.74, 6) is 0.660. The maximum absolute atomic E-state index is 13.5. The Morgan fingerprint density at radius 1 is 1.18 bits per heavy atom. The molecule has 0 radical (unpaired) electrons. The Labute approximate surface area is 166 Å². The number of carbonyl (C=O) groups is 1. The topological polar surface area (TPSA) is 56.8 Å². The molecule has 1 aromatic carbocycles. The molecule has 0 saturated carbocycles. The highest BCUT2D eigenvalue weighted by Crippen LogP contribution is 2.26. The number of halogens is 1. The number of rotatable bonds is 4. The summed E-state index contributed by atoms with van der Waals surface area (Å²) < 4.78 is 18.9. The number of hydrogen-bond donors (Lipinski definition) is 2. The van der Waals surface area contributed by atoms with Crippen LogP contribution in [0.25, 0.3) is 0 Å². The first kappa shape index (κ1) is 19.8. The lowest BCUT2D eigenvalue weighted by molar-refractivity contribution is -0.134. The molecule has 0 aromatic heterocycles. The zero-order chi connectivity index (χ0) is 19.5. The van der Waals surface area contributed by atoms with Gasteiger partial charge in [-0.05, 0) is 49.3 Å². The number of benzene rings is 1. The lowest BCUT2D eigenvalue weighted by Gasteiger charge is -2.36. The Morgan fingerprint density at radius 2 is 1.93 bits per heavy atom. The van der Waals surface area contributed by atoms with Crippen LogP contribution in [0.15, 0.2) is 18.2 Å². The average Bonchev–Trinajstić information content (AvgIpc) is 3.21. The highest BCUT2D eigenvalue weighted by atomic mass is 19.1. The smallest absolute Gasteiger partial charge is 0.241 e. The number of nitrogens with zero attached hydrogens (tertiary/aromatic N) is 2. The van der Waals surface area contributed by atoms with Crippen molar-refractivity contribution in [2.75, 3.05) is 45.9 Å². The second kappa shape index (κ2) is 8.86. The lowest BCUT2D eigenvalue weighted by atomic mass is 9.94. The summed E-state index contributed by atoms with van der Waals surface area (Å²) in [4.78, 5) is 17.4. The molecule has 6 nitrogen and oxygen atoms in total. The molecule has 3 aliphatic heterocycles. The quantitative estimate of drug-likeness (QED) is 0.818. The molecule has 0 spiro atoms. The SMILES string of the molecule is Cc1cc(C2CC(C(=O)N3CCC(CN4CCOCC4)CC3)NN2)ccc1F. The van der Waals surface area contributed by atoms with Gasteiger partial charge < -0.3 is 9.64 Å². The maximum atomic E-state index is 13.5. The zero-order valence-corrected chi connectivity index (χ0v) is 16.6. The van der Waals surface area contributed by atoms with Crippen LogP contribution < -0.4 is 10.9 Å². The standard InChI is InChI=1S/C21H31FN4O2/c1-15-12-17(2-3-18(15)22)19-13-20(24-23-19)21(27)26-6-4-16(5-7-26)14-25-8-10-28-11-9-25/h2-3,12,16,19-20,23-24H,4-11,13-14H2,1H3. The van der Waals surface area contributed by atoms with Gasteiger partial charge in [0.2, 0.25) is 5.91 Å². The van der Waals surface area contributed by atoms with Gasteiger partial charge in [0.25, 0.3) is 0 Å². The number of carbonyl (C=O) groups excluding carboxylic acids is 1. The van der Waals surface area contributed by atoms with Crippen molar-refractivity contribution >= 4 is 5.91 Å². The van der Waals surface area contributed by atoms with E-state index in [2.05, 4.69) is 15.8 Å². The number of aryl methyl sites for hydroxylation is 1. The maximum Gasteiger partial charge on any atom is 0.241 e. The van der Waals surface area contributed by atoms with Crippen LogP contribution in [-0.2, 0) is 9.53 Å². The Kier molecular flexibility index (Phi) is 6.25. The largest absolute Gasteiger partial charge is 0.379 e. The molecule has 3 saturated heterocycles. The van der Waals surface area contributed by atoms with E-state index in [1.807, 2.05) is 11.0 Å². The second-order valence-corrected chi connectivity index (χ2v) is 8.32. The highest BCUT2D eigenvalue weighted by Gasteiger charge is 2.34. The predicted molar refractivity (Wildman–Crippen MR) is 105 cm³/mol. The fourth-order valence-corrected chi connectivity index (χ4v) is 4.53. The molecule has 3 aliphatic rings. The molecule has 3 fully saturated rings. The number of hydrazine groups is 1. The molecule has 4 rings (SSSR count). The van der Waals surface area contributed by atoms with Crippen molar-refractivity contribution in [3.8, 4) is 0 Å². The fraction of sp³-hybridized carbons (Fsp3) is 0.667. The summed E-state index contributed by atoms with van der Waals surface area (Å²) in [6, 6.07) is 4.98. The first-order chi connectivity index (χ1) is 13.6. The van der Waals surface area contributed by atoms with Crippen molar-refractivity contribution in [2.24, 2.45) is 5.92 Å². The third kappa shape index (κ3) is 4.54. The summed E-state index contributed by atoms with van der Waals surface area (Å²) in [5.41, 5.74) is 8.03. The van der Waals surface area contributed by atoms with E-state index < -0.39 is 0 Å². The van der Waals surface area contributed by atoms with Crippen molar-refractivity contribution in [1.29, 1.82) is 0 Å². The van der Waals surface area contributed by atoms with E-state index in [-0.39, 0.29) is 23.8 Å². The van der Waals surface area contributed by atoms with Gasteiger partial charge in [-0.15, -0.1) is 0 Å². The third-order valence-electron chi connectivity index (χ3n) is 6.33. The molecule has 3 heterocycles. The lowest BCUT2D eigenvalue weighted by Crippen LogP contribution is -2.49. The number of nitrogens with one attached hydrogen (secondary N) is 2. The molecule has 2 unspecified atom stereocenters. The van der Waals surface area contributed by atoms with Crippen molar-refractivity contribution < 1.29 is 13.9 Å². The van der Waals surface area contributed by atoms with Crippen LogP contribution in [0.5, 0.6) is 0 Å². The molecule has 7 heteroatoms. The van der Waals surface area contributed by atoms with Crippen LogP contribution in [0.1, 0.15) is 36.4 Å². The summed E-state index contributed by atoms with van der Waals surface area (Å²) in [5, 5.41) is 0. The Balaban J connectivity index is 1.25. The highest BCUT2D eigenvalue weighted by molar-refractivity contribution is 5.82. The Morgan fingerprint density at radius 3 is 2.64 bits per heavy atom. The average molecular weight is 391 g/mol. The van der Waals surface area contributed by atoms with E-state index >= 15 is 0 Å². The molecule has 1 aromatic rings. The number of likely N-dealkylation sites (tertiary alicyclic amines) is 1. The minimum atomic E-state index is -0.217. The van der Waals surface area contributed by atoms with Gasteiger partial charge in [-0.3, -0.25) is 9.69 Å². The normalized spacial score (nSPS) is 27.3. The van der Waals surface area contributed by atoms with Crippen molar-refractivity contribution in [1.82, 2.24) is 20.7 Å². The predicted octanol–water partition coefficient (Wildman–Crippen LogP) is 1.61. The number of hydrogen-bond acceptors (Lipinski definition) is 5. The second-order valence-electron chi connectivity index (χ2n) is 8.32. The van der Waals surface area contributed by atoms with Crippen molar-refractivity contribution in [3.63, 3.8) is 0 Å². The van der Waals surface area contributed by atoms with Gasteiger partial charge in [-0.1, -0.05) is 12.1 Å². The van der Waals surface area contributed by atoms with E-state index in [9.17, 15) is 9.18 Å². The minimum Gasteiger partial charge on any atom is -0.379 e. The number of morpholine rings is 1. The zero-order valence-electron chi connectivity index (χ0n) is 16.6. The Bertz CT molecular complexity index is 687. The van der Waals surface area contributed by atoms with E-state index in [1.165, 1.54) is 6.07 Å². The molecule has 154 valence electrons. The van der Waals surface area contributed by atoms with Crippen molar-refractivity contribution in [3.05, 3.63) is 35.1 Å². The van der Waals surface area contributed by atoms with Crippen molar-refractivity contribution in [2.45, 2.75) is 38.3 Å². The Hall–Kier alpha value is -1.54. The van der Waals surface area contributed by atoms with Crippen LogP contribution in [-0.4, -0.2) is 67.7 Å². The van der Waals surface area contributed by atoms with Crippen LogP contribution in [0.4, 0.5) is 4.39 Å². The molecular weight excluding hydrogens is 359 g/mol. The van der Waals surface area contributed by atoms with Crippen LogP contribution in [0.2, 0.25) is 0 Å². The van der Waals surface area contributed by atoms with Gasteiger partial charge in [0, 0.05) is 38.8 Å². The summed E-state index contributed by atoms with van der Waals surface area (Å²) in [6.45, 7) is 8.31. The van der Waals surface area contributed by atoms with Gasteiger partial charge in [-0.25, -0.2) is 15.2 Å². The van der Waals surface area contributed by atoms with Crippen LogP contribution in [0.3, 0.4) is 0 Å². The molecular formula is C21H31FN4O2. The molecule has 28 heavy (non-hydrogen) atoms. The summed E-state index contributed by atoms with van der Waals surface area (Å²) in [6.07, 6.45) is 2.84. The first-order valence-corrected chi connectivity index (χ1v) is 10.5. The fourth-order valence-electron chi connectivity index (χ4n) is 4.53. The van der Waals surface area contributed by atoms with Gasteiger partial charge in [0.15, 0.2) is 0 Å².